The van der Waals surface area contributed by atoms with Gasteiger partial charge in [0, 0.05) is 18.7 Å². The van der Waals surface area contributed by atoms with Crippen LogP contribution in [0.5, 0.6) is 0 Å². The molecule has 0 amide bonds. The van der Waals surface area contributed by atoms with E-state index in [2.05, 4.69) is 5.32 Å². The van der Waals surface area contributed by atoms with E-state index in [0.29, 0.717) is 28.7 Å². The fraction of sp³-hybridized carbons (Fsp3) is 0.500. The first-order valence-corrected chi connectivity index (χ1v) is 6.23. The molecule has 1 aromatic rings. The number of non-ortho nitro benzene ring substituents is 1. The van der Waals surface area contributed by atoms with Crippen molar-refractivity contribution in [1.29, 1.82) is 0 Å². The normalized spacial score (nSPS) is 16.4. The number of aryl methyl sites for hydroxylation is 1. The van der Waals surface area contributed by atoms with Crippen molar-refractivity contribution in [2.45, 2.75) is 25.9 Å². The van der Waals surface area contributed by atoms with Gasteiger partial charge < -0.3 is 10.4 Å². The number of halogens is 1. The molecule has 1 atom stereocenters. The SMILES string of the molecule is Cc1cc([N+](=O)[O-])cc(Cl)c1NCC(O)C1CC1. The van der Waals surface area contributed by atoms with Crippen LogP contribution in [0.15, 0.2) is 12.1 Å². The molecule has 1 aliphatic carbocycles. The van der Waals surface area contributed by atoms with Crippen LogP contribution in [0.3, 0.4) is 0 Å². The van der Waals surface area contributed by atoms with Gasteiger partial charge in [0.25, 0.3) is 5.69 Å². The van der Waals surface area contributed by atoms with Gasteiger partial charge in [0.05, 0.1) is 21.7 Å². The van der Waals surface area contributed by atoms with E-state index in [1.54, 1.807) is 6.92 Å². The minimum Gasteiger partial charge on any atom is -0.391 e. The lowest BCUT2D eigenvalue weighted by Crippen LogP contribution is -2.21. The number of nitro groups is 1. The largest absolute Gasteiger partial charge is 0.391 e. The number of nitrogens with one attached hydrogen (secondary N) is 1. The van der Waals surface area contributed by atoms with Crippen LogP contribution in [0.1, 0.15) is 18.4 Å². The highest BCUT2D eigenvalue weighted by atomic mass is 35.5. The average molecular weight is 271 g/mol. The van der Waals surface area contributed by atoms with Crippen molar-refractivity contribution >= 4 is 23.0 Å². The van der Waals surface area contributed by atoms with Gasteiger partial charge in [0.1, 0.15) is 0 Å². The Bertz CT molecular complexity index is 451. The number of benzene rings is 1. The lowest BCUT2D eigenvalue weighted by atomic mass is 10.1. The molecule has 0 saturated heterocycles. The summed E-state index contributed by atoms with van der Waals surface area (Å²) in [4.78, 5) is 10.2. The lowest BCUT2D eigenvalue weighted by Gasteiger charge is -2.14. The Hall–Kier alpha value is -1.33. The summed E-state index contributed by atoms with van der Waals surface area (Å²) in [6.07, 6.45) is 1.75. The fourth-order valence-electron chi connectivity index (χ4n) is 1.91. The molecule has 1 aromatic carbocycles. The van der Waals surface area contributed by atoms with Gasteiger partial charge in [-0.25, -0.2) is 0 Å². The molecular formula is C12H15ClN2O3. The number of aliphatic hydroxyl groups excluding tert-OH is 1. The standard InChI is InChI=1S/C12H15ClN2O3/c1-7-4-9(15(17)18)5-10(13)12(7)14-6-11(16)8-2-3-8/h4-5,8,11,14,16H,2-3,6H2,1H3. The maximum absolute atomic E-state index is 10.7. The van der Waals surface area contributed by atoms with Crippen LogP contribution in [0, 0.1) is 23.0 Å². The first-order chi connectivity index (χ1) is 8.49. The first kappa shape index (κ1) is 13.1. The van der Waals surface area contributed by atoms with Gasteiger partial charge in [-0.3, -0.25) is 10.1 Å². The summed E-state index contributed by atoms with van der Waals surface area (Å²) >= 11 is 6.01. The van der Waals surface area contributed by atoms with Gasteiger partial charge in [-0.15, -0.1) is 0 Å². The molecule has 0 aromatic heterocycles. The predicted molar refractivity (Wildman–Crippen MR) is 70.1 cm³/mol. The predicted octanol–water partition coefficient (Wildman–Crippen LogP) is 2.74. The quantitative estimate of drug-likeness (QED) is 0.637. The molecule has 0 heterocycles. The van der Waals surface area contributed by atoms with Crippen LogP contribution in [0.4, 0.5) is 11.4 Å². The summed E-state index contributed by atoms with van der Waals surface area (Å²) in [5, 5.41) is 23.8. The molecule has 0 radical (unpaired) electrons. The highest BCUT2D eigenvalue weighted by Crippen LogP contribution is 2.34. The minimum absolute atomic E-state index is 0.0224. The van der Waals surface area contributed by atoms with Gasteiger partial charge in [-0.2, -0.15) is 0 Å². The van der Waals surface area contributed by atoms with Crippen molar-refractivity contribution < 1.29 is 10.0 Å². The van der Waals surface area contributed by atoms with E-state index >= 15 is 0 Å². The smallest absolute Gasteiger partial charge is 0.271 e. The number of hydrogen-bond acceptors (Lipinski definition) is 4. The molecule has 0 bridgehead atoms. The number of nitrogens with zero attached hydrogens (tertiary/aromatic N) is 1. The molecule has 98 valence electrons. The van der Waals surface area contributed by atoms with Crippen LogP contribution < -0.4 is 5.32 Å². The number of anilines is 1. The van der Waals surface area contributed by atoms with Crippen molar-refractivity contribution in [2.24, 2.45) is 5.92 Å². The third-order valence-electron chi connectivity index (χ3n) is 3.14. The molecule has 5 nitrogen and oxygen atoms in total. The first-order valence-electron chi connectivity index (χ1n) is 5.85. The summed E-state index contributed by atoms with van der Waals surface area (Å²) in [7, 11) is 0. The Morgan fingerprint density at radius 2 is 2.28 bits per heavy atom. The molecule has 1 saturated carbocycles. The number of aliphatic hydroxyl groups is 1. The molecular weight excluding hydrogens is 256 g/mol. The molecule has 2 rings (SSSR count). The Labute approximate surface area is 110 Å². The monoisotopic (exact) mass is 270 g/mol. The zero-order valence-corrected chi connectivity index (χ0v) is 10.8. The zero-order valence-electron chi connectivity index (χ0n) is 10.0. The second kappa shape index (κ2) is 5.12. The second-order valence-electron chi connectivity index (χ2n) is 4.66. The maximum atomic E-state index is 10.7. The van der Waals surface area contributed by atoms with Gasteiger partial charge in [-0.1, -0.05) is 11.6 Å². The van der Waals surface area contributed by atoms with E-state index in [-0.39, 0.29) is 11.8 Å². The summed E-state index contributed by atoms with van der Waals surface area (Å²) in [6, 6.07) is 2.79. The summed E-state index contributed by atoms with van der Waals surface area (Å²) in [6.45, 7) is 2.17. The van der Waals surface area contributed by atoms with Crippen LogP contribution in [0.25, 0.3) is 0 Å². The Morgan fingerprint density at radius 1 is 1.61 bits per heavy atom. The minimum atomic E-state index is -0.471. The topological polar surface area (TPSA) is 75.4 Å². The Balaban J connectivity index is 2.09. The number of hydrogen-bond donors (Lipinski definition) is 2. The molecule has 1 aliphatic rings. The molecule has 1 unspecified atom stereocenters. The van der Waals surface area contributed by atoms with E-state index in [9.17, 15) is 15.2 Å². The van der Waals surface area contributed by atoms with E-state index < -0.39 is 4.92 Å². The molecule has 18 heavy (non-hydrogen) atoms. The molecule has 0 spiro atoms. The van der Waals surface area contributed by atoms with Gasteiger partial charge in [0.2, 0.25) is 0 Å². The summed E-state index contributed by atoms with van der Waals surface area (Å²) < 4.78 is 0. The van der Waals surface area contributed by atoms with E-state index in [1.807, 2.05) is 0 Å². The van der Waals surface area contributed by atoms with Gasteiger partial charge in [-0.05, 0) is 31.2 Å². The molecule has 0 aliphatic heterocycles. The van der Waals surface area contributed by atoms with Crippen molar-refractivity contribution in [1.82, 2.24) is 0 Å². The number of rotatable bonds is 5. The Morgan fingerprint density at radius 3 is 2.78 bits per heavy atom. The van der Waals surface area contributed by atoms with Crippen LogP contribution in [-0.4, -0.2) is 22.7 Å². The van der Waals surface area contributed by atoms with E-state index in [1.165, 1.54) is 12.1 Å². The second-order valence-corrected chi connectivity index (χ2v) is 5.07. The van der Waals surface area contributed by atoms with Gasteiger partial charge in [0.15, 0.2) is 0 Å². The van der Waals surface area contributed by atoms with E-state index in [4.69, 9.17) is 11.6 Å². The molecule has 1 fully saturated rings. The average Bonchev–Trinajstić information content (AvgIpc) is 3.10. The lowest BCUT2D eigenvalue weighted by molar-refractivity contribution is -0.384. The molecule has 6 heteroatoms. The van der Waals surface area contributed by atoms with Crippen molar-refractivity contribution in [3.05, 3.63) is 32.8 Å². The van der Waals surface area contributed by atoms with Crippen LogP contribution in [0.2, 0.25) is 5.02 Å². The number of nitro benzene ring substituents is 1. The fourth-order valence-corrected chi connectivity index (χ4v) is 2.24. The third kappa shape index (κ3) is 2.91. The van der Waals surface area contributed by atoms with Crippen LogP contribution in [-0.2, 0) is 0 Å². The summed E-state index contributed by atoms with van der Waals surface area (Å²) in [5.41, 5.74) is 1.34. The van der Waals surface area contributed by atoms with Crippen molar-refractivity contribution in [3.8, 4) is 0 Å². The molecule has 2 N–H and O–H groups in total. The summed E-state index contributed by atoms with van der Waals surface area (Å²) in [5.74, 6) is 0.384. The Kier molecular flexibility index (Phi) is 3.73. The maximum Gasteiger partial charge on any atom is 0.271 e. The highest BCUT2D eigenvalue weighted by Gasteiger charge is 2.29. The highest BCUT2D eigenvalue weighted by molar-refractivity contribution is 6.33. The van der Waals surface area contributed by atoms with E-state index in [0.717, 1.165) is 12.8 Å². The third-order valence-corrected chi connectivity index (χ3v) is 3.44. The van der Waals surface area contributed by atoms with Crippen LogP contribution >= 0.6 is 11.6 Å². The van der Waals surface area contributed by atoms with Crippen molar-refractivity contribution in [3.63, 3.8) is 0 Å². The van der Waals surface area contributed by atoms with Gasteiger partial charge >= 0.3 is 0 Å². The van der Waals surface area contributed by atoms with Crippen molar-refractivity contribution in [2.75, 3.05) is 11.9 Å². The zero-order chi connectivity index (χ0) is 13.3.